The normalized spacial score (nSPS) is 11.4. The van der Waals surface area contributed by atoms with Crippen LogP contribution in [-0.4, -0.2) is 35.2 Å². The molecular formula is C21H22N2O6. The zero-order valence-electron chi connectivity index (χ0n) is 16.4. The Morgan fingerprint density at radius 2 is 1.76 bits per heavy atom. The number of nitrogens with zero attached hydrogens (tertiary/aromatic N) is 1. The van der Waals surface area contributed by atoms with Gasteiger partial charge in [0, 0.05) is 29.8 Å². The molecular weight excluding hydrogens is 376 g/mol. The number of nitro benzene ring substituents is 1. The third kappa shape index (κ3) is 5.97. The predicted octanol–water partition coefficient (Wildman–Crippen LogP) is 3.15. The zero-order valence-corrected chi connectivity index (χ0v) is 16.4. The van der Waals surface area contributed by atoms with Gasteiger partial charge in [-0.05, 0) is 44.5 Å². The molecule has 0 heterocycles. The average Bonchev–Trinajstić information content (AvgIpc) is 2.69. The minimum Gasteiger partial charge on any atom is -0.454 e. The second-order valence-electron chi connectivity index (χ2n) is 6.62. The maximum absolute atomic E-state index is 12.5. The van der Waals surface area contributed by atoms with Crippen molar-refractivity contribution < 1.29 is 24.0 Å². The molecule has 2 aromatic carbocycles. The van der Waals surface area contributed by atoms with Gasteiger partial charge in [0.25, 0.3) is 11.6 Å². The van der Waals surface area contributed by atoms with Crippen molar-refractivity contribution in [1.82, 2.24) is 5.32 Å². The number of amides is 1. The van der Waals surface area contributed by atoms with E-state index in [1.807, 2.05) is 26.0 Å². The van der Waals surface area contributed by atoms with Crippen LogP contribution in [0.5, 0.6) is 0 Å². The maximum Gasteiger partial charge on any atom is 0.308 e. The largest absolute Gasteiger partial charge is 0.454 e. The summed E-state index contributed by atoms with van der Waals surface area (Å²) in [6, 6.07) is 10.6. The van der Waals surface area contributed by atoms with E-state index >= 15 is 0 Å². The van der Waals surface area contributed by atoms with Crippen LogP contribution in [0.3, 0.4) is 0 Å². The summed E-state index contributed by atoms with van der Waals surface area (Å²) in [5.74, 6) is -1.36. The van der Waals surface area contributed by atoms with E-state index in [0.29, 0.717) is 5.56 Å². The van der Waals surface area contributed by atoms with Crippen LogP contribution in [-0.2, 0) is 9.53 Å². The molecule has 2 rings (SSSR count). The van der Waals surface area contributed by atoms with Crippen molar-refractivity contribution in [2.24, 2.45) is 0 Å². The van der Waals surface area contributed by atoms with Gasteiger partial charge in [-0.15, -0.1) is 0 Å². The summed E-state index contributed by atoms with van der Waals surface area (Å²) in [7, 11) is 0. The highest BCUT2D eigenvalue weighted by Gasteiger charge is 2.21. The van der Waals surface area contributed by atoms with E-state index in [0.717, 1.165) is 11.1 Å². The van der Waals surface area contributed by atoms with Gasteiger partial charge in [-0.2, -0.15) is 0 Å². The summed E-state index contributed by atoms with van der Waals surface area (Å²) in [5.41, 5.74) is 2.37. The second-order valence-corrected chi connectivity index (χ2v) is 6.62. The lowest BCUT2D eigenvalue weighted by Crippen LogP contribution is -2.29. The van der Waals surface area contributed by atoms with E-state index in [4.69, 9.17) is 4.74 Å². The summed E-state index contributed by atoms with van der Waals surface area (Å²) < 4.78 is 5.18. The topological polar surface area (TPSA) is 116 Å². The van der Waals surface area contributed by atoms with E-state index in [2.05, 4.69) is 5.32 Å². The first-order valence-electron chi connectivity index (χ1n) is 9.02. The molecule has 0 saturated carbocycles. The molecule has 2 aromatic rings. The molecule has 0 aliphatic heterocycles. The first-order chi connectivity index (χ1) is 13.7. The van der Waals surface area contributed by atoms with Crippen molar-refractivity contribution in [1.29, 1.82) is 0 Å². The molecule has 0 aromatic heterocycles. The van der Waals surface area contributed by atoms with Crippen LogP contribution < -0.4 is 5.32 Å². The summed E-state index contributed by atoms with van der Waals surface area (Å²) in [6.07, 6.45) is -1.04. The summed E-state index contributed by atoms with van der Waals surface area (Å²) >= 11 is 0. The van der Waals surface area contributed by atoms with Gasteiger partial charge >= 0.3 is 5.97 Å². The maximum atomic E-state index is 12.5. The van der Waals surface area contributed by atoms with Gasteiger partial charge in [0.15, 0.2) is 6.10 Å². The predicted molar refractivity (Wildman–Crippen MR) is 106 cm³/mol. The van der Waals surface area contributed by atoms with E-state index in [1.54, 1.807) is 6.07 Å². The van der Waals surface area contributed by atoms with Gasteiger partial charge < -0.3 is 10.1 Å². The Labute approximate surface area is 168 Å². The molecule has 8 nitrogen and oxygen atoms in total. The lowest BCUT2D eigenvalue weighted by Gasteiger charge is -2.14. The number of nitro groups is 1. The molecule has 0 unspecified atom stereocenters. The average molecular weight is 398 g/mol. The molecule has 0 saturated heterocycles. The van der Waals surface area contributed by atoms with E-state index in [1.165, 1.54) is 31.2 Å². The fourth-order valence-electron chi connectivity index (χ4n) is 2.64. The summed E-state index contributed by atoms with van der Waals surface area (Å²) in [4.78, 5) is 46.5. The van der Waals surface area contributed by atoms with Crippen molar-refractivity contribution in [3.63, 3.8) is 0 Å². The number of esters is 1. The molecule has 1 amide bonds. The lowest BCUT2D eigenvalue weighted by molar-refractivity contribution is -0.384. The first-order valence-corrected chi connectivity index (χ1v) is 9.02. The molecule has 29 heavy (non-hydrogen) atoms. The number of carbonyl (C=O) groups is 3. The highest BCUT2D eigenvalue weighted by atomic mass is 16.6. The second kappa shape index (κ2) is 9.59. The van der Waals surface area contributed by atoms with Crippen LogP contribution in [0, 0.1) is 24.0 Å². The highest BCUT2D eigenvalue weighted by Crippen LogP contribution is 2.15. The van der Waals surface area contributed by atoms with Gasteiger partial charge in [-0.3, -0.25) is 24.5 Å². The Balaban J connectivity index is 1.83. The number of ketones is 1. The van der Waals surface area contributed by atoms with Crippen LogP contribution in [0.2, 0.25) is 0 Å². The van der Waals surface area contributed by atoms with Crippen molar-refractivity contribution in [2.75, 3.05) is 6.54 Å². The quantitative estimate of drug-likeness (QED) is 0.316. The first kappa shape index (κ1) is 21.7. The van der Waals surface area contributed by atoms with Crippen molar-refractivity contribution in [2.45, 2.75) is 33.3 Å². The number of Topliss-reactive ketones (excluding diaryl/α,β-unsaturated/α-hetero) is 1. The fourth-order valence-corrected chi connectivity index (χ4v) is 2.64. The number of rotatable bonds is 8. The molecule has 0 aliphatic rings. The SMILES string of the molecule is Cc1ccc(C)c(C(=O)[C@H](C)OC(=O)CCNC(=O)c2ccc([N+](=O)[O-])cc2)c1. The Morgan fingerprint density at radius 3 is 2.38 bits per heavy atom. The van der Waals surface area contributed by atoms with Crippen molar-refractivity contribution in [3.05, 3.63) is 74.8 Å². The number of ether oxygens (including phenoxy) is 1. The number of hydrogen-bond acceptors (Lipinski definition) is 6. The highest BCUT2D eigenvalue weighted by molar-refractivity contribution is 6.01. The van der Waals surface area contributed by atoms with Gasteiger partial charge in [0.05, 0.1) is 11.3 Å². The molecule has 0 fully saturated rings. The molecule has 8 heteroatoms. The standard InChI is InChI=1S/C21H22N2O6/c1-13-4-5-14(2)18(12-13)20(25)15(3)29-19(24)10-11-22-21(26)16-6-8-17(9-7-16)23(27)28/h4-9,12,15H,10-11H2,1-3H3,(H,22,26)/t15-/m0/s1. The van der Waals surface area contributed by atoms with Crippen LogP contribution in [0.1, 0.15) is 45.2 Å². The van der Waals surface area contributed by atoms with Crippen molar-refractivity contribution in [3.8, 4) is 0 Å². The van der Waals surface area contributed by atoms with Crippen molar-refractivity contribution >= 4 is 23.3 Å². The minimum atomic E-state index is -0.937. The molecule has 1 N–H and O–H groups in total. The Morgan fingerprint density at radius 1 is 1.10 bits per heavy atom. The van der Waals surface area contributed by atoms with E-state index in [9.17, 15) is 24.5 Å². The number of benzene rings is 2. The van der Waals surface area contributed by atoms with Crippen LogP contribution >= 0.6 is 0 Å². The summed E-state index contributed by atoms with van der Waals surface area (Å²) in [6.45, 7) is 5.21. The van der Waals surface area contributed by atoms with Crippen LogP contribution in [0.4, 0.5) is 5.69 Å². The third-order valence-corrected chi connectivity index (χ3v) is 4.29. The smallest absolute Gasteiger partial charge is 0.308 e. The Bertz CT molecular complexity index is 937. The Hall–Kier alpha value is -3.55. The fraction of sp³-hybridized carbons (Fsp3) is 0.286. The summed E-state index contributed by atoms with van der Waals surface area (Å²) in [5, 5.41) is 13.2. The number of non-ortho nitro benzene ring substituents is 1. The minimum absolute atomic E-state index is 0.0129. The Kier molecular flexibility index (Phi) is 7.19. The molecule has 0 aliphatic carbocycles. The lowest BCUT2D eigenvalue weighted by atomic mass is 9.99. The zero-order chi connectivity index (χ0) is 21.6. The monoisotopic (exact) mass is 398 g/mol. The molecule has 1 atom stereocenters. The van der Waals surface area contributed by atoms with E-state index in [-0.39, 0.29) is 30.0 Å². The molecule has 0 bridgehead atoms. The van der Waals surface area contributed by atoms with Crippen LogP contribution in [0.25, 0.3) is 0 Å². The van der Waals surface area contributed by atoms with E-state index < -0.39 is 22.9 Å². The number of hydrogen-bond donors (Lipinski definition) is 1. The van der Waals surface area contributed by atoms with Gasteiger partial charge in [0.2, 0.25) is 5.78 Å². The molecule has 0 radical (unpaired) electrons. The van der Waals surface area contributed by atoms with Gasteiger partial charge in [-0.25, -0.2) is 0 Å². The molecule has 0 spiro atoms. The molecule has 152 valence electrons. The number of carbonyl (C=O) groups excluding carboxylic acids is 3. The van der Waals surface area contributed by atoms with Gasteiger partial charge in [0.1, 0.15) is 0 Å². The number of aryl methyl sites for hydroxylation is 2. The van der Waals surface area contributed by atoms with Gasteiger partial charge in [-0.1, -0.05) is 17.7 Å². The van der Waals surface area contributed by atoms with Crippen LogP contribution in [0.15, 0.2) is 42.5 Å². The number of nitrogens with one attached hydrogen (secondary N) is 1. The third-order valence-electron chi connectivity index (χ3n) is 4.29.